The smallest absolute Gasteiger partial charge is 0.334 e. The van der Waals surface area contributed by atoms with E-state index in [9.17, 15) is 10.1 Å². The second-order valence-electron chi connectivity index (χ2n) is 4.48. The number of hydrogen-bond donors (Lipinski definition) is 1. The summed E-state index contributed by atoms with van der Waals surface area (Å²) in [6.07, 6.45) is 2.32. The Labute approximate surface area is 105 Å². The molecule has 0 saturated carbocycles. The molecule has 0 aromatic carbocycles. The summed E-state index contributed by atoms with van der Waals surface area (Å²) in [5, 5.41) is 18.6. The summed E-state index contributed by atoms with van der Waals surface area (Å²) in [5.74, 6) is 0.485. The predicted molar refractivity (Wildman–Crippen MR) is 66.7 cm³/mol. The van der Waals surface area contributed by atoms with Crippen LogP contribution in [0.3, 0.4) is 0 Å². The van der Waals surface area contributed by atoms with Gasteiger partial charge in [-0.1, -0.05) is 13.3 Å². The van der Waals surface area contributed by atoms with Gasteiger partial charge in [0.05, 0.1) is 17.6 Å². The lowest BCUT2D eigenvalue weighted by atomic mass is 10.2. The van der Waals surface area contributed by atoms with Crippen LogP contribution in [0.25, 0.3) is 0 Å². The van der Waals surface area contributed by atoms with Gasteiger partial charge in [0.2, 0.25) is 5.82 Å². The fraction of sp³-hybridized carbons (Fsp3) is 0.727. The number of rotatable bonds is 5. The molecule has 1 aliphatic rings. The van der Waals surface area contributed by atoms with Crippen LogP contribution in [0.4, 0.5) is 11.5 Å². The average molecular weight is 254 g/mol. The molecule has 1 fully saturated rings. The molecule has 0 radical (unpaired) electrons. The van der Waals surface area contributed by atoms with Crippen LogP contribution in [-0.4, -0.2) is 34.0 Å². The third kappa shape index (κ3) is 2.45. The van der Waals surface area contributed by atoms with Crippen molar-refractivity contribution in [2.45, 2.75) is 32.2 Å². The quantitative estimate of drug-likeness (QED) is 0.635. The largest absolute Gasteiger partial charge is 0.379 e. The van der Waals surface area contributed by atoms with Gasteiger partial charge in [-0.3, -0.25) is 10.1 Å². The minimum Gasteiger partial charge on any atom is -0.379 e. The summed E-state index contributed by atoms with van der Waals surface area (Å²) >= 11 is 0. The van der Waals surface area contributed by atoms with Crippen LogP contribution in [0.2, 0.25) is 0 Å². The van der Waals surface area contributed by atoms with E-state index in [0.29, 0.717) is 31.1 Å². The van der Waals surface area contributed by atoms with Crippen molar-refractivity contribution in [2.75, 3.05) is 18.5 Å². The summed E-state index contributed by atoms with van der Waals surface area (Å²) in [6, 6.07) is 0.133. The van der Waals surface area contributed by atoms with Crippen molar-refractivity contribution in [3.63, 3.8) is 0 Å². The first-order valence-corrected chi connectivity index (χ1v) is 6.18. The summed E-state index contributed by atoms with van der Waals surface area (Å²) in [6.45, 7) is 3.27. The normalized spacial score (nSPS) is 19.1. The van der Waals surface area contributed by atoms with Gasteiger partial charge in [0.15, 0.2) is 0 Å². The van der Waals surface area contributed by atoms with Gasteiger partial charge in [0, 0.05) is 13.7 Å². The summed E-state index contributed by atoms with van der Waals surface area (Å²) in [5.41, 5.74) is 0.651. The van der Waals surface area contributed by atoms with E-state index in [4.69, 9.17) is 4.74 Å². The van der Waals surface area contributed by atoms with E-state index >= 15 is 0 Å². The zero-order valence-electron chi connectivity index (χ0n) is 10.7. The maximum Gasteiger partial charge on any atom is 0.334 e. The molecule has 1 N–H and O–H groups in total. The second kappa shape index (κ2) is 5.34. The van der Waals surface area contributed by atoms with Crippen LogP contribution >= 0.6 is 0 Å². The topological polar surface area (TPSA) is 82.2 Å². The molecule has 7 nitrogen and oxygen atoms in total. The highest BCUT2D eigenvalue weighted by Gasteiger charge is 2.28. The first-order chi connectivity index (χ1) is 8.63. The lowest BCUT2D eigenvalue weighted by Gasteiger charge is -2.11. The Kier molecular flexibility index (Phi) is 3.81. The van der Waals surface area contributed by atoms with Gasteiger partial charge < -0.3 is 10.1 Å². The highest BCUT2D eigenvalue weighted by molar-refractivity contribution is 5.60. The third-order valence-corrected chi connectivity index (χ3v) is 3.03. The lowest BCUT2D eigenvalue weighted by Crippen LogP contribution is -2.21. The van der Waals surface area contributed by atoms with Crippen molar-refractivity contribution in [1.82, 2.24) is 9.78 Å². The molecule has 7 heteroatoms. The predicted octanol–water partition coefficient (Wildman–Crippen LogP) is 1.48. The molecule has 1 unspecified atom stereocenters. The number of nitro groups is 1. The SMILES string of the molecule is CCCc1nn(C)c(NC2CCOC2)c1[N+](=O)[O-]. The first-order valence-electron chi connectivity index (χ1n) is 6.18. The van der Waals surface area contributed by atoms with Gasteiger partial charge >= 0.3 is 5.69 Å². The molecule has 1 saturated heterocycles. The number of aryl methyl sites for hydroxylation is 2. The Bertz CT molecular complexity index is 438. The monoisotopic (exact) mass is 254 g/mol. The van der Waals surface area contributed by atoms with Crippen LogP contribution < -0.4 is 5.32 Å². The zero-order valence-corrected chi connectivity index (χ0v) is 10.7. The minimum absolute atomic E-state index is 0.103. The van der Waals surface area contributed by atoms with E-state index in [0.717, 1.165) is 12.8 Å². The van der Waals surface area contributed by atoms with E-state index in [2.05, 4.69) is 10.4 Å². The second-order valence-corrected chi connectivity index (χ2v) is 4.48. The number of nitrogens with zero attached hydrogens (tertiary/aromatic N) is 3. The highest BCUT2D eigenvalue weighted by Crippen LogP contribution is 2.30. The number of nitrogens with one attached hydrogen (secondary N) is 1. The number of hydrogen-bond acceptors (Lipinski definition) is 5. The molecule has 0 spiro atoms. The van der Waals surface area contributed by atoms with Crippen LogP contribution in [0.15, 0.2) is 0 Å². The molecule has 1 aromatic rings. The maximum atomic E-state index is 11.2. The highest BCUT2D eigenvalue weighted by atomic mass is 16.6. The molecule has 2 heterocycles. The van der Waals surface area contributed by atoms with Crippen molar-refractivity contribution in [1.29, 1.82) is 0 Å². The summed E-state index contributed by atoms with van der Waals surface area (Å²) < 4.78 is 6.82. The number of ether oxygens (including phenoxy) is 1. The van der Waals surface area contributed by atoms with E-state index in [-0.39, 0.29) is 16.7 Å². The van der Waals surface area contributed by atoms with Gasteiger partial charge in [-0.05, 0) is 12.8 Å². The third-order valence-electron chi connectivity index (χ3n) is 3.03. The fourth-order valence-electron chi connectivity index (χ4n) is 2.17. The molecule has 18 heavy (non-hydrogen) atoms. The van der Waals surface area contributed by atoms with Crippen molar-refractivity contribution < 1.29 is 9.66 Å². The van der Waals surface area contributed by atoms with Crippen molar-refractivity contribution in [3.05, 3.63) is 15.8 Å². The Balaban J connectivity index is 2.28. The standard InChI is InChI=1S/C11H18N4O3/c1-3-4-9-10(15(16)17)11(14(2)13-9)12-8-5-6-18-7-8/h8,12H,3-7H2,1-2H3. The molecule has 1 aromatic heterocycles. The lowest BCUT2D eigenvalue weighted by molar-refractivity contribution is -0.384. The van der Waals surface area contributed by atoms with Gasteiger partial charge in [0.1, 0.15) is 5.69 Å². The van der Waals surface area contributed by atoms with E-state index < -0.39 is 0 Å². The molecule has 0 bridgehead atoms. The Hall–Kier alpha value is -1.63. The minimum atomic E-state index is -0.351. The molecule has 0 amide bonds. The number of anilines is 1. The average Bonchev–Trinajstić information content (AvgIpc) is 2.89. The van der Waals surface area contributed by atoms with E-state index in [1.165, 1.54) is 0 Å². The maximum absolute atomic E-state index is 11.2. The first kappa shape index (κ1) is 12.8. The van der Waals surface area contributed by atoms with Crippen molar-refractivity contribution in [3.8, 4) is 0 Å². The summed E-state index contributed by atoms with van der Waals surface area (Å²) in [7, 11) is 1.73. The van der Waals surface area contributed by atoms with Crippen molar-refractivity contribution >= 4 is 11.5 Å². The van der Waals surface area contributed by atoms with Gasteiger partial charge in [-0.2, -0.15) is 5.10 Å². The Morgan fingerprint density at radius 3 is 3.00 bits per heavy atom. The van der Waals surface area contributed by atoms with Crippen LogP contribution in [0.5, 0.6) is 0 Å². The Morgan fingerprint density at radius 2 is 2.44 bits per heavy atom. The van der Waals surface area contributed by atoms with E-state index in [1.807, 2.05) is 6.92 Å². The molecule has 100 valence electrons. The molecule has 1 atom stereocenters. The summed E-state index contributed by atoms with van der Waals surface area (Å²) in [4.78, 5) is 10.8. The van der Waals surface area contributed by atoms with Gasteiger partial charge in [-0.25, -0.2) is 4.68 Å². The molecule has 0 aliphatic carbocycles. The van der Waals surface area contributed by atoms with Gasteiger partial charge in [-0.15, -0.1) is 0 Å². The van der Waals surface area contributed by atoms with Gasteiger partial charge in [0.25, 0.3) is 0 Å². The number of aromatic nitrogens is 2. The molecule has 1 aliphatic heterocycles. The van der Waals surface area contributed by atoms with Crippen LogP contribution in [-0.2, 0) is 18.2 Å². The van der Waals surface area contributed by atoms with Crippen molar-refractivity contribution in [2.24, 2.45) is 7.05 Å². The molecular formula is C11H18N4O3. The van der Waals surface area contributed by atoms with E-state index in [1.54, 1.807) is 11.7 Å². The Morgan fingerprint density at radius 1 is 1.67 bits per heavy atom. The molecular weight excluding hydrogens is 236 g/mol. The van der Waals surface area contributed by atoms with Crippen LogP contribution in [0, 0.1) is 10.1 Å². The van der Waals surface area contributed by atoms with Crippen LogP contribution in [0.1, 0.15) is 25.5 Å². The zero-order chi connectivity index (χ0) is 13.1. The fourth-order valence-corrected chi connectivity index (χ4v) is 2.17. The molecule has 2 rings (SSSR count).